The van der Waals surface area contributed by atoms with Crippen molar-refractivity contribution in [2.75, 3.05) is 26.3 Å². The van der Waals surface area contributed by atoms with Crippen molar-refractivity contribution in [1.82, 2.24) is 10.6 Å². The number of piperazine rings is 1. The van der Waals surface area contributed by atoms with Gasteiger partial charge in [0, 0.05) is 19.6 Å². The van der Waals surface area contributed by atoms with Crippen LogP contribution in [0.2, 0.25) is 0 Å². The highest BCUT2D eigenvalue weighted by Gasteiger charge is 2.34. The van der Waals surface area contributed by atoms with Crippen molar-refractivity contribution in [3.8, 4) is 0 Å². The van der Waals surface area contributed by atoms with E-state index in [9.17, 15) is 8.78 Å². The Morgan fingerprint density at radius 3 is 2.73 bits per heavy atom. The Bertz CT molecular complexity index is 122. The maximum Gasteiger partial charge on any atom is 0.152 e. The van der Waals surface area contributed by atoms with Gasteiger partial charge in [-0.15, -0.1) is 0 Å². The zero-order chi connectivity index (χ0) is 8.32. The molecule has 0 bridgehead atoms. The van der Waals surface area contributed by atoms with Gasteiger partial charge in [-0.1, -0.05) is 0 Å². The summed E-state index contributed by atoms with van der Waals surface area (Å²) in [7, 11) is 0. The van der Waals surface area contributed by atoms with Crippen LogP contribution in [0.4, 0.5) is 8.78 Å². The molecule has 0 saturated carbocycles. The van der Waals surface area contributed by atoms with Crippen molar-refractivity contribution in [3.05, 3.63) is 0 Å². The highest BCUT2D eigenvalue weighted by atomic mass is 19.2. The first-order chi connectivity index (χ1) is 5.17. The maximum absolute atomic E-state index is 13.2. The largest absolute Gasteiger partial charge is 0.314 e. The van der Waals surface area contributed by atoms with Crippen molar-refractivity contribution < 1.29 is 8.78 Å². The Morgan fingerprint density at radius 1 is 1.55 bits per heavy atom. The van der Waals surface area contributed by atoms with Crippen LogP contribution < -0.4 is 10.6 Å². The third-order valence-electron chi connectivity index (χ3n) is 2.03. The average Bonchev–Trinajstić information content (AvgIpc) is 2.06. The molecular formula is C7H14F2N2. The summed E-state index contributed by atoms with van der Waals surface area (Å²) in [4.78, 5) is 0. The standard InChI is InChI=1S/C7H14F2N2/c1-7(9,5-8)6-4-10-2-3-11-6/h6,10-11H,2-5H2,1H3. The van der Waals surface area contributed by atoms with Crippen LogP contribution in [0.15, 0.2) is 0 Å². The van der Waals surface area contributed by atoms with Gasteiger partial charge >= 0.3 is 0 Å². The van der Waals surface area contributed by atoms with Crippen molar-refractivity contribution in [2.24, 2.45) is 0 Å². The first kappa shape index (κ1) is 8.87. The van der Waals surface area contributed by atoms with Gasteiger partial charge in [0.15, 0.2) is 5.67 Å². The maximum atomic E-state index is 13.2. The van der Waals surface area contributed by atoms with Crippen LogP contribution in [-0.2, 0) is 0 Å². The molecule has 0 aromatic rings. The molecule has 1 saturated heterocycles. The Morgan fingerprint density at radius 2 is 2.27 bits per heavy atom. The van der Waals surface area contributed by atoms with E-state index in [0.29, 0.717) is 13.1 Å². The van der Waals surface area contributed by atoms with E-state index in [1.165, 1.54) is 6.92 Å². The lowest BCUT2D eigenvalue weighted by atomic mass is 9.99. The Labute approximate surface area is 65.4 Å². The minimum Gasteiger partial charge on any atom is -0.314 e. The van der Waals surface area contributed by atoms with E-state index in [1.54, 1.807) is 0 Å². The number of hydrogen-bond donors (Lipinski definition) is 2. The molecule has 0 radical (unpaired) electrons. The second kappa shape index (κ2) is 3.45. The molecular weight excluding hydrogens is 150 g/mol. The first-order valence-corrected chi connectivity index (χ1v) is 3.86. The Kier molecular flexibility index (Phi) is 2.78. The van der Waals surface area contributed by atoms with E-state index in [4.69, 9.17) is 0 Å². The van der Waals surface area contributed by atoms with Gasteiger partial charge in [-0.2, -0.15) is 0 Å². The molecule has 0 amide bonds. The zero-order valence-electron chi connectivity index (χ0n) is 6.66. The van der Waals surface area contributed by atoms with Crippen LogP contribution in [-0.4, -0.2) is 38.0 Å². The molecule has 2 N–H and O–H groups in total. The summed E-state index contributed by atoms with van der Waals surface area (Å²) in [5, 5.41) is 5.94. The minimum absolute atomic E-state index is 0.388. The van der Waals surface area contributed by atoms with Crippen molar-refractivity contribution in [2.45, 2.75) is 18.6 Å². The summed E-state index contributed by atoms with van der Waals surface area (Å²) in [5.41, 5.74) is -1.73. The predicted octanol–water partition coefficient (Wildman–Crippen LogP) is 0.245. The second-order valence-corrected chi connectivity index (χ2v) is 3.12. The molecule has 2 atom stereocenters. The lowest BCUT2D eigenvalue weighted by Crippen LogP contribution is -2.58. The van der Waals surface area contributed by atoms with E-state index in [1.807, 2.05) is 0 Å². The van der Waals surface area contributed by atoms with Crippen molar-refractivity contribution >= 4 is 0 Å². The van der Waals surface area contributed by atoms with E-state index < -0.39 is 12.3 Å². The van der Waals surface area contributed by atoms with E-state index >= 15 is 0 Å². The van der Waals surface area contributed by atoms with Gasteiger partial charge in [0.2, 0.25) is 0 Å². The van der Waals surface area contributed by atoms with Crippen LogP contribution in [0.3, 0.4) is 0 Å². The summed E-state index contributed by atoms with van der Waals surface area (Å²) in [5.74, 6) is 0. The highest BCUT2D eigenvalue weighted by molar-refractivity contribution is 4.91. The van der Waals surface area contributed by atoms with Gasteiger partial charge in [0.25, 0.3) is 0 Å². The summed E-state index contributed by atoms with van der Waals surface area (Å²) in [6.07, 6.45) is 0. The Hall–Kier alpha value is -0.220. The number of hydrogen-bond acceptors (Lipinski definition) is 2. The molecule has 66 valence electrons. The fourth-order valence-corrected chi connectivity index (χ4v) is 1.17. The number of nitrogens with one attached hydrogen (secondary N) is 2. The van der Waals surface area contributed by atoms with Gasteiger partial charge < -0.3 is 10.6 Å². The predicted molar refractivity (Wildman–Crippen MR) is 40.1 cm³/mol. The summed E-state index contributed by atoms with van der Waals surface area (Å²) < 4.78 is 25.3. The number of halogens is 2. The van der Waals surface area contributed by atoms with Crippen LogP contribution in [0, 0.1) is 0 Å². The van der Waals surface area contributed by atoms with Gasteiger partial charge in [-0.3, -0.25) is 0 Å². The smallest absolute Gasteiger partial charge is 0.152 e. The van der Waals surface area contributed by atoms with Crippen LogP contribution >= 0.6 is 0 Å². The third kappa shape index (κ3) is 2.10. The minimum atomic E-state index is -1.73. The molecule has 1 rings (SSSR count). The SMILES string of the molecule is CC(F)(CF)C1CNCCN1. The quantitative estimate of drug-likeness (QED) is 0.611. The molecule has 0 aromatic carbocycles. The molecule has 1 aliphatic rings. The second-order valence-electron chi connectivity index (χ2n) is 3.12. The Balaban J connectivity index is 2.43. The molecule has 0 spiro atoms. The molecule has 4 heteroatoms. The molecule has 0 aromatic heterocycles. The number of alkyl halides is 2. The molecule has 1 heterocycles. The van der Waals surface area contributed by atoms with Gasteiger partial charge in [-0.25, -0.2) is 8.78 Å². The normalized spacial score (nSPS) is 31.4. The summed E-state index contributed by atoms with van der Waals surface area (Å²) in [6.45, 7) is 2.42. The summed E-state index contributed by atoms with van der Waals surface area (Å²) >= 11 is 0. The van der Waals surface area contributed by atoms with Crippen LogP contribution in [0.1, 0.15) is 6.92 Å². The fourth-order valence-electron chi connectivity index (χ4n) is 1.17. The van der Waals surface area contributed by atoms with Crippen LogP contribution in [0.5, 0.6) is 0 Å². The molecule has 1 aliphatic heterocycles. The fraction of sp³-hybridized carbons (Fsp3) is 1.00. The van der Waals surface area contributed by atoms with E-state index in [2.05, 4.69) is 10.6 Å². The molecule has 2 nitrogen and oxygen atoms in total. The topological polar surface area (TPSA) is 24.1 Å². The van der Waals surface area contributed by atoms with E-state index in [0.717, 1.165) is 6.54 Å². The molecule has 11 heavy (non-hydrogen) atoms. The molecule has 1 fully saturated rings. The average molecular weight is 164 g/mol. The lowest BCUT2D eigenvalue weighted by Gasteiger charge is -2.32. The highest BCUT2D eigenvalue weighted by Crippen LogP contribution is 2.16. The monoisotopic (exact) mass is 164 g/mol. The van der Waals surface area contributed by atoms with E-state index in [-0.39, 0.29) is 6.04 Å². The first-order valence-electron chi connectivity index (χ1n) is 3.86. The van der Waals surface area contributed by atoms with Crippen molar-refractivity contribution in [3.63, 3.8) is 0 Å². The van der Waals surface area contributed by atoms with Gasteiger partial charge in [-0.05, 0) is 6.92 Å². The lowest BCUT2D eigenvalue weighted by molar-refractivity contribution is 0.0838. The third-order valence-corrected chi connectivity index (χ3v) is 2.03. The van der Waals surface area contributed by atoms with Crippen LogP contribution in [0.25, 0.3) is 0 Å². The van der Waals surface area contributed by atoms with Gasteiger partial charge in [0.05, 0.1) is 6.04 Å². The number of rotatable bonds is 2. The summed E-state index contributed by atoms with van der Waals surface area (Å²) in [6, 6.07) is -0.388. The van der Waals surface area contributed by atoms with Gasteiger partial charge in [0.1, 0.15) is 6.67 Å². The van der Waals surface area contributed by atoms with Crippen molar-refractivity contribution in [1.29, 1.82) is 0 Å². The zero-order valence-corrected chi connectivity index (χ0v) is 6.66. The molecule has 2 unspecified atom stereocenters. The molecule has 0 aliphatic carbocycles.